The van der Waals surface area contributed by atoms with Crippen LogP contribution in [0.1, 0.15) is 20.7 Å². The summed E-state index contributed by atoms with van der Waals surface area (Å²) in [5.41, 5.74) is 3.32. The fourth-order valence-corrected chi connectivity index (χ4v) is 4.59. The summed E-state index contributed by atoms with van der Waals surface area (Å²) in [5, 5.41) is 0.512. The molecule has 0 heterocycles. The number of carbonyl (C=O) groups is 2. The zero-order chi connectivity index (χ0) is 22.7. The molecular weight excluding hydrogens is 443 g/mol. The SMILES string of the molecule is CSc1ccc(-c2ccccc2C(=O)C(=O)c2ccccc2)c(-c2ccc(F)cc2)c1Cl. The predicted octanol–water partition coefficient (Wildman–Crippen LogP) is 7.60. The minimum absolute atomic E-state index is 0.290. The highest BCUT2D eigenvalue weighted by Crippen LogP contribution is 2.43. The molecule has 0 bridgehead atoms. The molecule has 0 atom stereocenters. The Bertz CT molecular complexity index is 1300. The molecule has 0 radical (unpaired) electrons. The largest absolute Gasteiger partial charge is 0.285 e. The third kappa shape index (κ3) is 4.24. The lowest BCUT2D eigenvalue weighted by Gasteiger charge is -2.17. The van der Waals surface area contributed by atoms with Gasteiger partial charge in [0.25, 0.3) is 0 Å². The Morgan fingerprint density at radius 2 is 1.41 bits per heavy atom. The van der Waals surface area contributed by atoms with E-state index in [1.165, 1.54) is 23.9 Å². The van der Waals surface area contributed by atoms with Gasteiger partial charge in [0.15, 0.2) is 0 Å². The van der Waals surface area contributed by atoms with Crippen molar-refractivity contribution < 1.29 is 14.0 Å². The third-order valence-electron chi connectivity index (χ3n) is 5.16. The number of rotatable bonds is 6. The minimum atomic E-state index is -0.595. The number of ketones is 2. The van der Waals surface area contributed by atoms with Gasteiger partial charge in [0.1, 0.15) is 5.82 Å². The lowest BCUT2D eigenvalue weighted by Crippen LogP contribution is -2.15. The summed E-state index contributed by atoms with van der Waals surface area (Å²) < 4.78 is 13.6. The summed E-state index contributed by atoms with van der Waals surface area (Å²) in [6, 6.07) is 25.3. The first kappa shape index (κ1) is 22.0. The second-order valence-electron chi connectivity index (χ2n) is 7.08. The molecule has 0 saturated carbocycles. The van der Waals surface area contributed by atoms with Crippen LogP contribution in [0.3, 0.4) is 0 Å². The number of carbonyl (C=O) groups excluding carboxylic acids is 2. The van der Waals surface area contributed by atoms with Gasteiger partial charge in [-0.25, -0.2) is 4.39 Å². The molecule has 0 fully saturated rings. The highest BCUT2D eigenvalue weighted by atomic mass is 35.5. The van der Waals surface area contributed by atoms with E-state index < -0.39 is 11.6 Å². The van der Waals surface area contributed by atoms with Gasteiger partial charge in [-0.3, -0.25) is 9.59 Å². The average molecular weight is 461 g/mol. The molecule has 0 aliphatic heterocycles. The first-order chi connectivity index (χ1) is 15.5. The molecule has 0 spiro atoms. The summed E-state index contributed by atoms with van der Waals surface area (Å²) >= 11 is 8.26. The zero-order valence-electron chi connectivity index (χ0n) is 17.1. The Morgan fingerprint density at radius 3 is 2.09 bits per heavy atom. The smallest absolute Gasteiger partial charge is 0.234 e. The van der Waals surface area contributed by atoms with E-state index in [4.69, 9.17) is 11.6 Å². The molecule has 0 aromatic heterocycles. The number of hydrogen-bond donors (Lipinski definition) is 0. The van der Waals surface area contributed by atoms with E-state index >= 15 is 0 Å². The molecule has 0 saturated heterocycles. The van der Waals surface area contributed by atoms with Crippen molar-refractivity contribution in [1.82, 2.24) is 0 Å². The van der Waals surface area contributed by atoms with Crippen molar-refractivity contribution in [2.45, 2.75) is 4.90 Å². The molecule has 0 unspecified atom stereocenters. The molecule has 5 heteroatoms. The van der Waals surface area contributed by atoms with Crippen molar-refractivity contribution in [1.29, 1.82) is 0 Å². The van der Waals surface area contributed by atoms with E-state index in [-0.39, 0.29) is 11.4 Å². The fourth-order valence-electron chi connectivity index (χ4n) is 3.60. The number of thioether (sulfide) groups is 1. The third-order valence-corrected chi connectivity index (χ3v) is 6.45. The minimum Gasteiger partial charge on any atom is -0.285 e. The van der Waals surface area contributed by atoms with Crippen molar-refractivity contribution in [2.24, 2.45) is 0 Å². The number of Topliss-reactive ketones (excluding diaryl/α,β-unsaturated/α-hetero) is 2. The molecular formula is C27H18ClFO2S. The van der Waals surface area contributed by atoms with Crippen molar-refractivity contribution >= 4 is 34.9 Å². The van der Waals surface area contributed by atoms with Gasteiger partial charge in [-0.2, -0.15) is 0 Å². The van der Waals surface area contributed by atoms with E-state index in [1.807, 2.05) is 24.5 Å². The molecule has 4 aromatic rings. The molecule has 0 amide bonds. The van der Waals surface area contributed by atoms with Crippen LogP contribution in [0.15, 0.2) is 95.9 Å². The normalized spacial score (nSPS) is 10.7. The first-order valence-electron chi connectivity index (χ1n) is 9.87. The summed E-state index contributed by atoms with van der Waals surface area (Å²) in [4.78, 5) is 26.9. The topological polar surface area (TPSA) is 34.1 Å². The van der Waals surface area contributed by atoms with E-state index in [0.717, 1.165) is 10.5 Å². The van der Waals surface area contributed by atoms with E-state index in [9.17, 15) is 14.0 Å². The number of hydrogen-bond acceptors (Lipinski definition) is 3. The maximum Gasteiger partial charge on any atom is 0.234 e. The highest BCUT2D eigenvalue weighted by Gasteiger charge is 2.24. The summed E-state index contributed by atoms with van der Waals surface area (Å²) in [7, 11) is 0. The zero-order valence-corrected chi connectivity index (χ0v) is 18.7. The first-order valence-corrected chi connectivity index (χ1v) is 11.5. The van der Waals surface area contributed by atoms with E-state index in [2.05, 4.69) is 0 Å². The molecule has 0 aliphatic carbocycles. The van der Waals surface area contributed by atoms with Crippen LogP contribution in [0.2, 0.25) is 5.02 Å². The van der Waals surface area contributed by atoms with Crippen LogP contribution < -0.4 is 0 Å². The van der Waals surface area contributed by atoms with Crippen LogP contribution in [-0.4, -0.2) is 17.8 Å². The van der Waals surface area contributed by atoms with E-state index in [1.54, 1.807) is 60.7 Å². The van der Waals surface area contributed by atoms with Gasteiger partial charge >= 0.3 is 0 Å². The summed E-state index contributed by atoms with van der Waals surface area (Å²) in [6.45, 7) is 0. The van der Waals surface area contributed by atoms with Crippen molar-refractivity contribution in [3.63, 3.8) is 0 Å². The van der Waals surface area contributed by atoms with Crippen molar-refractivity contribution in [3.8, 4) is 22.3 Å². The summed E-state index contributed by atoms with van der Waals surface area (Å²) in [6.07, 6.45) is 1.92. The van der Waals surface area contributed by atoms with Crippen LogP contribution in [0.5, 0.6) is 0 Å². The Balaban J connectivity index is 1.90. The van der Waals surface area contributed by atoms with Crippen LogP contribution in [0.25, 0.3) is 22.3 Å². The molecule has 4 rings (SSSR count). The predicted molar refractivity (Wildman–Crippen MR) is 129 cm³/mol. The van der Waals surface area contributed by atoms with Crippen LogP contribution in [0, 0.1) is 5.82 Å². The Morgan fingerprint density at radius 1 is 0.750 bits per heavy atom. The monoisotopic (exact) mass is 460 g/mol. The van der Waals surface area contributed by atoms with E-state index in [0.29, 0.717) is 27.3 Å². The number of halogens is 2. The van der Waals surface area contributed by atoms with Gasteiger partial charge in [-0.1, -0.05) is 84.4 Å². The van der Waals surface area contributed by atoms with Gasteiger partial charge in [0.2, 0.25) is 11.6 Å². The maximum atomic E-state index is 13.6. The Labute approximate surface area is 195 Å². The molecule has 32 heavy (non-hydrogen) atoms. The van der Waals surface area contributed by atoms with Crippen LogP contribution in [-0.2, 0) is 0 Å². The van der Waals surface area contributed by atoms with Gasteiger partial charge < -0.3 is 0 Å². The molecule has 0 N–H and O–H groups in total. The molecule has 158 valence electrons. The summed E-state index contributed by atoms with van der Waals surface area (Å²) in [5.74, 6) is -1.52. The van der Waals surface area contributed by atoms with Crippen molar-refractivity contribution in [2.75, 3.05) is 6.26 Å². The average Bonchev–Trinajstić information content (AvgIpc) is 2.84. The van der Waals surface area contributed by atoms with Gasteiger partial charge in [-0.05, 0) is 41.1 Å². The second kappa shape index (κ2) is 9.51. The lowest BCUT2D eigenvalue weighted by molar-refractivity contribution is 0.0817. The molecule has 4 aromatic carbocycles. The quantitative estimate of drug-likeness (QED) is 0.169. The highest BCUT2D eigenvalue weighted by molar-refractivity contribution is 7.98. The molecule has 2 nitrogen and oxygen atoms in total. The van der Waals surface area contributed by atoms with Gasteiger partial charge in [0.05, 0.1) is 5.02 Å². The fraction of sp³-hybridized carbons (Fsp3) is 0.0370. The van der Waals surface area contributed by atoms with Gasteiger partial charge in [0, 0.05) is 21.6 Å². The lowest BCUT2D eigenvalue weighted by atomic mass is 9.89. The van der Waals surface area contributed by atoms with Crippen LogP contribution in [0.4, 0.5) is 4.39 Å². The van der Waals surface area contributed by atoms with Crippen molar-refractivity contribution in [3.05, 3.63) is 113 Å². The van der Waals surface area contributed by atoms with Gasteiger partial charge in [-0.15, -0.1) is 11.8 Å². The molecule has 0 aliphatic rings. The second-order valence-corrected chi connectivity index (χ2v) is 8.31. The standard InChI is InChI=1S/C27H18ClFO2S/c1-32-23-16-15-21(24(25(23)28)17-11-13-19(29)14-12-17)20-9-5-6-10-22(20)27(31)26(30)18-7-3-2-4-8-18/h2-16H,1H3. The Kier molecular flexibility index (Phi) is 6.54. The number of benzene rings is 4. The van der Waals surface area contributed by atoms with Crippen LogP contribution >= 0.6 is 23.4 Å². The maximum absolute atomic E-state index is 13.6. The Hall–Kier alpha value is -3.21.